The summed E-state index contributed by atoms with van der Waals surface area (Å²) in [6, 6.07) is 3.13. The van der Waals surface area contributed by atoms with Crippen LogP contribution in [0, 0.1) is 0 Å². The Labute approximate surface area is 94.9 Å². The van der Waals surface area contributed by atoms with Crippen molar-refractivity contribution < 1.29 is 32.2 Å². The number of rotatable bonds is 3. The van der Waals surface area contributed by atoms with Crippen molar-refractivity contribution in [1.29, 1.82) is 0 Å². The van der Waals surface area contributed by atoms with Crippen LogP contribution in [0.4, 0.5) is 13.2 Å². The average molecular weight is 250 g/mol. The molecule has 4 nitrogen and oxygen atoms in total. The van der Waals surface area contributed by atoms with Crippen LogP contribution in [0.25, 0.3) is 0 Å². The van der Waals surface area contributed by atoms with Crippen LogP contribution in [0.2, 0.25) is 0 Å². The molecule has 0 fully saturated rings. The zero-order chi connectivity index (χ0) is 13.1. The molecule has 0 spiro atoms. The van der Waals surface area contributed by atoms with Gasteiger partial charge in [0.2, 0.25) is 0 Å². The Kier molecular flexibility index (Phi) is 3.82. The predicted octanol–water partition coefficient (Wildman–Crippen LogP) is 2.38. The summed E-state index contributed by atoms with van der Waals surface area (Å²) in [4.78, 5) is 11.3. The normalized spacial score (nSPS) is 10.9. The summed E-state index contributed by atoms with van der Waals surface area (Å²) < 4.78 is 48.8. The first-order valence-electron chi connectivity index (χ1n) is 4.39. The minimum atomic E-state index is -4.82. The molecule has 0 amide bonds. The molecule has 0 aliphatic rings. The van der Waals surface area contributed by atoms with Gasteiger partial charge in [0, 0.05) is 0 Å². The summed E-state index contributed by atoms with van der Waals surface area (Å²) in [5, 5.41) is 0. The van der Waals surface area contributed by atoms with Crippen molar-refractivity contribution >= 4 is 5.97 Å². The Morgan fingerprint density at radius 3 is 2.35 bits per heavy atom. The molecule has 0 N–H and O–H groups in total. The maximum absolute atomic E-state index is 12.0. The first kappa shape index (κ1) is 13.1. The summed E-state index contributed by atoms with van der Waals surface area (Å²) in [5.41, 5.74) is -0.142. The van der Waals surface area contributed by atoms with E-state index in [1.807, 2.05) is 0 Å². The van der Waals surface area contributed by atoms with Crippen LogP contribution in [-0.4, -0.2) is 26.6 Å². The van der Waals surface area contributed by atoms with E-state index in [9.17, 15) is 18.0 Å². The van der Waals surface area contributed by atoms with Gasteiger partial charge in [-0.05, 0) is 18.2 Å². The van der Waals surface area contributed by atoms with E-state index < -0.39 is 18.1 Å². The Bertz CT molecular complexity index is 415. The number of benzene rings is 1. The van der Waals surface area contributed by atoms with E-state index in [4.69, 9.17) is 4.74 Å². The summed E-state index contributed by atoms with van der Waals surface area (Å²) in [6.07, 6.45) is -4.82. The summed E-state index contributed by atoms with van der Waals surface area (Å²) in [7, 11) is 2.39. The van der Waals surface area contributed by atoms with Gasteiger partial charge in [-0.1, -0.05) is 0 Å². The van der Waals surface area contributed by atoms with Crippen molar-refractivity contribution in [2.24, 2.45) is 0 Å². The van der Waals surface area contributed by atoms with E-state index in [0.29, 0.717) is 0 Å². The van der Waals surface area contributed by atoms with Crippen LogP contribution in [-0.2, 0) is 4.74 Å². The van der Waals surface area contributed by atoms with Crippen LogP contribution in [0.3, 0.4) is 0 Å². The fourth-order valence-electron chi connectivity index (χ4n) is 1.15. The SMILES string of the molecule is COC(=O)c1cc(OC(F)(F)F)ccc1OC. The number of ether oxygens (including phenoxy) is 3. The highest BCUT2D eigenvalue weighted by molar-refractivity contribution is 5.92. The number of methoxy groups -OCH3 is 2. The first-order chi connectivity index (χ1) is 7.87. The van der Waals surface area contributed by atoms with Gasteiger partial charge in [0.25, 0.3) is 0 Å². The monoisotopic (exact) mass is 250 g/mol. The largest absolute Gasteiger partial charge is 0.573 e. The van der Waals surface area contributed by atoms with Gasteiger partial charge in [0.05, 0.1) is 14.2 Å². The molecule has 0 atom stereocenters. The van der Waals surface area contributed by atoms with Crippen molar-refractivity contribution in [3.63, 3.8) is 0 Å². The summed E-state index contributed by atoms with van der Waals surface area (Å²) >= 11 is 0. The lowest BCUT2D eigenvalue weighted by molar-refractivity contribution is -0.274. The molecule has 1 rings (SSSR count). The van der Waals surface area contributed by atoms with Gasteiger partial charge in [-0.25, -0.2) is 4.79 Å². The highest BCUT2D eigenvalue weighted by Crippen LogP contribution is 2.28. The number of hydrogen-bond acceptors (Lipinski definition) is 4. The Hall–Kier alpha value is -1.92. The molecule has 17 heavy (non-hydrogen) atoms. The maximum atomic E-state index is 12.0. The topological polar surface area (TPSA) is 44.8 Å². The van der Waals surface area contributed by atoms with E-state index in [1.54, 1.807) is 0 Å². The Balaban J connectivity index is 3.09. The van der Waals surface area contributed by atoms with Crippen LogP contribution in [0.5, 0.6) is 11.5 Å². The molecule has 0 aliphatic carbocycles. The van der Waals surface area contributed by atoms with Crippen molar-refractivity contribution in [3.05, 3.63) is 23.8 Å². The number of alkyl halides is 3. The first-order valence-corrected chi connectivity index (χ1v) is 4.39. The molecular weight excluding hydrogens is 241 g/mol. The summed E-state index contributed by atoms with van der Waals surface area (Å²) in [5.74, 6) is -1.22. The molecule has 1 aromatic rings. The lowest BCUT2D eigenvalue weighted by Gasteiger charge is -2.11. The molecule has 7 heteroatoms. The van der Waals surface area contributed by atoms with Crippen molar-refractivity contribution in [2.75, 3.05) is 14.2 Å². The highest BCUT2D eigenvalue weighted by Gasteiger charge is 2.31. The molecular formula is C10H9F3O4. The van der Waals surface area contributed by atoms with Crippen LogP contribution in [0.1, 0.15) is 10.4 Å². The molecule has 1 aromatic carbocycles. The Morgan fingerprint density at radius 1 is 1.24 bits per heavy atom. The van der Waals surface area contributed by atoms with Gasteiger partial charge < -0.3 is 14.2 Å². The second kappa shape index (κ2) is 4.94. The number of hydrogen-bond donors (Lipinski definition) is 0. The predicted molar refractivity (Wildman–Crippen MR) is 51.0 cm³/mol. The van der Waals surface area contributed by atoms with Gasteiger partial charge in [-0.15, -0.1) is 13.2 Å². The van der Waals surface area contributed by atoms with Crippen molar-refractivity contribution in [1.82, 2.24) is 0 Å². The van der Waals surface area contributed by atoms with E-state index in [2.05, 4.69) is 9.47 Å². The van der Waals surface area contributed by atoms with Gasteiger partial charge in [-0.2, -0.15) is 0 Å². The van der Waals surface area contributed by atoms with E-state index in [1.165, 1.54) is 13.2 Å². The second-order valence-electron chi connectivity index (χ2n) is 2.90. The van der Waals surface area contributed by atoms with Gasteiger partial charge in [-0.3, -0.25) is 0 Å². The number of esters is 1. The number of carbonyl (C=O) groups excluding carboxylic acids is 1. The molecule has 0 radical (unpaired) electrons. The minimum absolute atomic E-state index is 0.103. The third-order valence-electron chi connectivity index (χ3n) is 1.81. The third-order valence-corrected chi connectivity index (χ3v) is 1.81. The van der Waals surface area contributed by atoms with E-state index >= 15 is 0 Å². The molecule has 0 bridgehead atoms. The molecule has 0 saturated heterocycles. The molecule has 94 valence electrons. The fraction of sp³-hybridized carbons (Fsp3) is 0.300. The summed E-state index contributed by atoms with van der Waals surface area (Å²) in [6.45, 7) is 0. The van der Waals surface area contributed by atoms with Crippen LogP contribution >= 0.6 is 0 Å². The van der Waals surface area contributed by atoms with Gasteiger partial charge in [0.1, 0.15) is 17.1 Å². The zero-order valence-corrected chi connectivity index (χ0v) is 9.00. The fourth-order valence-corrected chi connectivity index (χ4v) is 1.15. The lowest BCUT2D eigenvalue weighted by Crippen LogP contribution is -2.17. The van der Waals surface area contributed by atoms with E-state index in [0.717, 1.165) is 19.2 Å². The maximum Gasteiger partial charge on any atom is 0.573 e. The molecule has 0 aromatic heterocycles. The van der Waals surface area contributed by atoms with Gasteiger partial charge in [0.15, 0.2) is 0 Å². The van der Waals surface area contributed by atoms with E-state index in [-0.39, 0.29) is 11.3 Å². The second-order valence-corrected chi connectivity index (χ2v) is 2.90. The number of carbonyl (C=O) groups is 1. The molecule has 0 heterocycles. The molecule has 0 unspecified atom stereocenters. The molecule has 0 aliphatic heterocycles. The zero-order valence-electron chi connectivity index (χ0n) is 9.00. The Morgan fingerprint density at radius 2 is 1.88 bits per heavy atom. The lowest BCUT2D eigenvalue weighted by atomic mass is 10.2. The average Bonchev–Trinajstić information content (AvgIpc) is 2.25. The quantitative estimate of drug-likeness (QED) is 0.772. The van der Waals surface area contributed by atoms with Crippen molar-refractivity contribution in [2.45, 2.75) is 6.36 Å². The highest BCUT2D eigenvalue weighted by atomic mass is 19.4. The standard InChI is InChI=1S/C10H9F3O4/c1-15-8-4-3-6(17-10(11,12)13)5-7(8)9(14)16-2/h3-5H,1-2H3. The van der Waals surface area contributed by atoms with Gasteiger partial charge >= 0.3 is 12.3 Å². The third kappa shape index (κ3) is 3.54. The van der Waals surface area contributed by atoms with Crippen molar-refractivity contribution in [3.8, 4) is 11.5 Å². The van der Waals surface area contributed by atoms with Crippen LogP contribution < -0.4 is 9.47 Å². The molecule has 0 saturated carbocycles. The van der Waals surface area contributed by atoms with Crippen LogP contribution in [0.15, 0.2) is 18.2 Å². The minimum Gasteiger partial charge on any atom is -0.496 e. The number of halogens is 3. The smallest absolute Gasteiger partial charge is 0.496 e.